The highest BCUT2D eigenvalue weighted by Gasteiger charge is 2.13. The van der Waals surface area contributed by atoms with Gasteiger partial charge in [0.1, 0.15) is 5.82 Å². The second-order valence-electron chi connectivity index (χ2n) is 6.32. The summed E-state index contributed by atoms with van der Waals surface area (Å²) in [6.07, 6.45) is 0. The van der Waals surface area contributed by atoms with Crippen molar-refractivity contribution in [3.05, 3.63) is 59.9 Å². The quantitative estimate of drug-likeness (QED) is 0.169. The summed E-state index contributed by atoms with van der Waals surface area (Å²) in [4.78, 5) is 16.6. The van der Waals surface area contributed by atoms with Gasteiger partial charge in [0.15, 0.2) is 5.13 Å². The summed E-state index contributed by atoms with van der Waals surface area (Å²) in [6.45, 7) is 1.76. The number of rotatable bonds is 7. The van der Waals surface area contributed by atoms with E-state index >= 15 is 0 Å². The molecule has 0 unspecified atom stereocenters. The van der Waals surface area contributed by atoms with Crippen molar-refractivity contribution in [2.75, 3.05) is 22.3 Å². The molecular weight excluding hydrogens is 439 g/mol. The number of thioether (sulfide) groups is 1. The van der Waals surface area contributed by atoms with Gasteiger partial charge in [0.25, 0.3) is 5.95 Å². The molecule has 2 aromatic carbocycles. The second-order valence-corrected chi connectivity index (χ2v) is 8.29. The first-order chi connectivity index (χ1) is 15.0. The van der Waals surface area contributed by atoms with Gasteiger partial charge in [-0.15, -0.1) is 10.2 Å². The number of nitrogen functional groups attached to an aromatic ring is 1. The molecule has 31 heavy (non-hydrogen) atoms. The van der Waals surface area contributed by atoms with Gasteiger partial charge in [-0.2, -0.15) is 5.10 Å². The maximum absolute atomic E-state index is 13.0. The number of hydrogen-bond donors (Lipinski definition) is 3. The van der Waals surface area contributed by atoms with Crippen LogP contribution in [0.3, 0.4) is 0 Å². The summed E-state index contributed by atoms with van der Waals surface area (Å²) in [5, 5.41) is 15.7. The molecular formula is C19H17FN8OS2. The molecule has 0 saturated heterocycles. The minimum atomic E-state index is -0.319. The molecule has 0 spiro atoms. The Morgan fingerprint density at radius 1 is 1.23 bits per heavy atom. The lowest BCUT2D eigenvalue weighted by Gasteiger charge is -2.04. The number of hydrogen-bond acceptors (Lipinski definition) is 9. The predicted molar refractivity (Wildman–Crippen MR) is 121 cm³/mol. The second kappa shape index (κ2) is 9.10. The van der Waals surface area contributed by atoms with Crippen molar-refractivity contribution in [2.45, 2.75) is 12.1 Å². The van der Waals surface area contributed by atoms with E-state index in [0.717, 1.165) is 27.5 Å². The van der Waals surface area contributed by atoms with Crippen molar-refractivity contribution in [1.29, 1.82) is 0 Å². The highest BCUT2D eigenvalue weighted by molar-refractivity contribution is 7.99. The number of nitrogens with zero attached hydrogens (tertiary/aromatic N) is 5. The fourth-order valence-corrected chi connectivity index (χ4v) is 4.09. The number of para-hydroxylation sites is 1. The highest BCUT2D eigenvalue weighted by atomic mass is 32.2. The molecule has 0 saturated carbocycles. The number of carbonyl (C=O) groups excluding carboxylic acids is 1. The molecule has 2 heterocycles. The number of fused-ring (bicyclic) bond motifs is 1. The van der Waals surface area contributed by atoms with E-state index < -0.39 is 0 Å². The number of carbonyl (C=O) groups is 1. The molecule has 12 heteroatoms. The fourth-order valence-electron chi connectivity index (χ4n) is 2.55. The molecule has 0 radical (unpaired) electrons. The van der Waals surface area contributed by atoms with Crippen LogP contribution in [0.2, 0.25) is 0 Å². The van der Waals surface area contributed by atoms with Crippen LogP contribution in [0.4, 0.5) is 15.5 Å². The van der Waals surface area contributed by atoms with Gasteiger partial charge < -0.3 is 11.2 Å². The Hall–Kier alpha value is -3.51. The van der Waals surface area contributed by atoms with Crippen LogP contribution in [0.15, 0.2) is 58.8 Å². The molecule has 4 rings (SSSR count). The SMILES string of the molecule is C/C(=N\Nc1nnc(SCC(=O)Nc2nc3ccccc3s2)n1N)c1ccc(F)cc1. The van der Waals surface area contributed by atoms with Gasteiger partial charge >= 0.3 is 0 Å². The average Bonchev–Trinajstić information content (AvgIpc) is 3.33. The van der Waals surface area contributed by atoms with Gasteiger partial charge in [-0.25, -0.2) is 19.5 Å². The van der Waals surface area contributed by atoms with E-state index in [1.807, 2.05) is 24.3 Å². The minimum Gasteiger partial charge on any atom is -0.334 e. The van der Waals surface area contributed by atoms with Gasteiger partial charge in [-0.3, -0.25) is 4.79 Å². The topological polar surface area (TPSA) is 123 Å². The number of aromatic nitrogens is 4. The number of nitrogens with one attached hydrogen (secondary N) is 2. The molecule has 2 aromatic heterocycles. The van der Waals surface area contributed by atoms with Crippen LogP contribution in [0.1, 0.15) is 12.5 Å². The summed E-state index contributed by atoms with van der Waals surface area (Å²) in [7, 11) is 0. The Bertz CT molecular complexity index is 1220. The van der Waals surface area contributed by atoms with Crippen molar-refractivity contribution in [3.63, 3.8) is 0 Å². The van der Waals surface area contributed by atoms with Crippen LogP contribution in [0.25, 0.3) is 10.2 Å². The summed E-state index contributed by atoms with van der Waals surface area (Å²) in [5.74, 6) is 5.73. The molecule has 0 aliphatic carbocycles. The van der Waals surface area contributed by atoms with Crippen LogP contribution in [-0.2, 0) is 4.79 Å². The third kappa shape index (κ3) is 4.98. The summed E-state index contributed by atoms with van der Waals surface area (Å²) in [5.41, 5.74) is 4.93. The zero-order chi connectivity index (χ0) is 21.8. The van der Waals surface area contributed by atoms with E-state index in [4.69, 9.17) is 5.84 Å². The largest absolute Gasteiger partial charge is 0.334 e. The molecule has 4 N–H and O–H groups in total. The lowest BCUT2D eigenvalue weighted by molar-refractivity contribution is -0.113. The Labute approximate surface area is 184 Å². The van der Waals surface area contributed by atoms with Crippen LogP contribution in [-0.4, -0.2) is 37.2 Å². The number of nitrogens with two attached hydrogens (primary N) is 1. The number of hydrazone groups is 1. The Morgan fingerprint density at radius 3 is 2.77 bits per heavy atom. The third-order valence-electron chi connectivity index (χ3n) is 4.12. The first-order valence-corrected chi connectivity index (χ1v) is 10.8. The summed E-state index contributed by atoms with van der Waals surface area (Å²) >= 11 is 2.54. The fraction of sp³-hybridized carbons (Fsp3) is 0.105. The van der Waals surface area contributed by atoms with Crippen molar-refractivity contribution in [2.24, 2.45) is 5.10 Å². The van der Waals surface area contributed by atoms with Gasteiger partial charge in [0.2, 0.25) is 11.1 Å². The number of benzene rings is 2. The van der Waals surface area contributed by atoms with Gasteiger partial charge in [-0.1, -0.05) is 47.4 Å². The van der Waals surface area contributed by atoms with Gasteiger partial charge in [0, 0.05) is 0 Å². The number of amides is 1. The van der Waals surface area contributed by atoms with E-state index in [2.05, 4.69) is 31.0 Å². The van der Waals surface area contributed by atoms with Crippen molar-refractivity contribution in [1.82, 2.24) is 19.9 Å². The molecule has 158 valence electrons. The smallest absolute Gasteiger partial charge is 0.264 e. The van der Waals surface area contributed by atoms with Crippen molar-refractivity contribution in [3.8, 4) is 0 Å². The van der Waals surface area contributed by atoms with E-state index in [-0.39, 0.29) is 23.4 Å². The van der Waals surface area contributed by atoms with E-state index in [1.165, 1.54) is 28.1 Å². The Morgan fingerprint density at radius 2 is 2.00 bits per heavy atom. The molecule has 0 aliphatic rings. The third-order valence-corrected chi connectivity index (χ3v) is 6.02. The molecule has 9 nitrogen and oxygen atoms in total. The van der Waals surface area contributed by atoms with E-state index in [1.54, 1.807) is 19.1 Å². The van der Waals surface area contributed by atoms with Crippen LogP contribution in [0, 0.1) is 5.82 Å². The summed E-state index contributed by atoms with van der Waals surface area (Å²) in [6, 6.07) is 13.6. The molecule has 1 amide bonds. The predicted octanol–water partition coefficient (Wildman–Crippen LogP) is 3.31. The van der Waals surface area contributed by atoms with Gasteiger partial charge in [0.05, 0.1) is 21.7 Å². The molecule has 4 aromatic rings. The summed E-state index contributed by atoms with van der Waals surface area (Å²) < 4.78 is 15.2. The zero-order valence-corrected chi connectivity index (χ0v) is 17.9. The zero-order valence-electron chi connectivity index (χ0n) is 16.2. The molecule has 0 atom stereocenters. The van der Waals surface area contributed by atoms with Crippen molar-refractivity contribution >= 4 is 56.0 Å². The lowest BCUT2D eigenvalue weighted by Crippen LogP contribution is -2.17. The number of anilines is 2. The first kappa shape index (κ1) is 20.8. The maximum Gasteiger partial charge on any atom is 0.264 e. The number of halogens is 1. The van der Waals surface area contributed by atoms with Crippen LogP contribution in [0.5, 0.6) is 0 Å². The van der Waals surface area contributed by atoms with Crippen LogP contribution < -0.4 is 16.6 Å². The standard InChI is InChI=1S/C19H17FN8OS2/c1-11(12-6-8-13(20)9-7-12)24-25-17-26-27-19(28(17)21)30-10-16(29)23-18-22-14-4-2-3-5-15(14)31-18/h2-9H,10,21H2,1H3,(H,25,26)(H,22,23,29)/b24-11+. The highest BCUT2D eigenvalue weighted by Crippen LogP contribution is 2.25. The van der Waals surface area contributed by atoms with Crippen LogP contribution >= 0.6 is 23.1 Å². The monoisotopic (exact) mass is 456 g/mol. The molecule has 0 aliphatic heterocycles. The van der Waals surface area contributed by atoms with Crippen molar-refractivity contribution < 1.29 is 9.18 Å². The first-order valence-electron chi connectivity index (χ1n) is 9.04. The minimum absolute atomic E-state index is 0.0864. The Balaban J connectivity index is 1.34. The average molecular weight is 457 g/mol. The van der Waals surface area contributed by atoms with Gasteiger partial charge in [-0.05, 0) is 36.8 Å². The molecule has 0 fully saturated rings. The van der Waals surface area contributed by atoms with E-state index in [0.29, 0.717) is 16.0 Å². The van der Waals surface area contributed by atoms with E-state index in [9.17, 15) is 9.18 Å². The number of thiazole rings is 1. The maximum atomic E-state index is 13.0. The lowest BCUT2D eigenvalue weighted by atomic mass is 10.1. The normalized spacial score (nSPS) is 11.6. The molecule has 0 bridgehead atoms. The Kier molecular flexibility index (Phi) is 6.09.